The van der Waals surface area contributed by atoms with Crippen LogP contribution in [0.5, 0.6) is 5.75 Å². The van der Waals surface area contributed by atoms with Crippen molar-refractivity contribution in [2.24, 2.45) is 0 Å². The molecule has 1 fully saturated rings. The van der Waals surface area contributed by atoms with Crippen LogP contribution in [0.4, 0.5) is 9.18 Å². The van der Waals surface area contributed by atoms with Crippen LogP contribution in [0.2, 0.25) is 0 Å². The lowest BCUT2D eigenvalue weighted by atomic mass is 9.99. The number of rotatable bonds is 4. The highest BCUT2D eigenvalue weighted by atomic mass is 19.1. The lowest BCUT2D eigenvalue weighted by Crippen LogP contribution is -2.40. The van der Waals surface area contributed by atoms with Gasteiger partial charge in [0.15, 0.2) is 5.54 Å². The molecule has 0 saturated carbocycles. The van der Waals surface area contributed by atoms with Crippen molar-refractivity contribution in [3.63, 3.8) is 0 Å². The zero-order valence-corrected chi connectivity index (χ0v) is 12.6. The van der Waals surface area contributed by atoms with Gasteiger partial charge in [0.1, 0.15) is 17.3 Å². The second kappa shape index (κ2) is 5.42. The van der Waals surface area contributed by atoms with Gasteiger partial charge in [-0.15, -0.1) is 0 Å². The molecule has 1 aromatic carbocycles. The number of hydrogen-bond acceptors (Lipinski definition) is 4. The number of nitrogens with one attached hydrogen (secondary N) is 1. The van der Waals surface area contributed by atoms with E-state index in [1.54, 1.807) is 19.1 Å². The molecule has 1 atom stereocenters. The molecular weight excluding hydrogens is 303 g/mol. The largest absolute Gasteiger partial charge is 0.496 e. The van der Waals surface area contributed by atoms with Crippen molar-refractivity contribution in [1.29, 1.82) is 0 Å². The molecule has 1 saturated heterocycles. The second-order valence-electron chi connectivity index (χ2n) is 5.38. The van der Waals surface area contributed by atoms with E-state index in [-0.39, 0.29) is 6.54 Å². The maximum atomic E-state index is 13.5. The van der Waals surface area contributed by atoms with Crippen molar-refractivity contribution in [1.82, 2.24) is 10.2 Å². The summed E-state index contributed by atoms with van der Waals surface area (Å²) in [6, 6.07) is 6.63. The molecule has 1 aliphatic heterocycles. The lowest BCUT2D eigenvalue weighted by molar-refractivity contribution is -0.132. The summed E-state index contributed by atoms with van der Waals surface area (Å²) in [6.07, 6.45) is 1.43. The van der Waals surface area contributed by atoms with Crippen molar-refractivity contribution in [3.05, 3.63) is 53.7 Å². The smallest absolute Gasteiger partial charge is 0.325 e. The van der Waals surface area contributed by atoms with Crippen LogP contribution >= 0.6 is 0 Å². The maximum absolute atomic E-state index is 13.5. The summed E-state index contributed by atoms with van der Waals surface area (Å²) in [5, 5.41) is 2.61. The number of urea groups is 1. The third-order valence-electron chi connectivity index (χ3n) is 3.86. The van der Waals surface area contributed by atoms with E-state index in [2.05, 4.69) is 5.32 Å². The van der Waals surface area contributed by atoms with Crippen molar-refractivity contribution in [3.8, 4) is 5.75 Å². The molecular formula is C16H15FN2O4. The molecule has 0 aliphatic carbocycles. The summed E-state index contributed by atoms with van der Waals surface area (Å²) in [7, 11) is 1.44. The lowest BCUT2D eigenvalue weighted by Gasteiger charge is -2.19. The number of carbonyl (C=O) groups is 2. The van der Waals surface area contributed by atoms with Gasteiger partial charge in [-0.1, -0.05) is 0 Å². The number of benzene rings is 1. The highest BCUT2D eigenvalue weighted by Gasteiger charge is 2.51. The maximum Gasteiger partial charge on any atom is 0.325 e. The highest BCUT2D eigenvalue weighted by molar-refractivity contribution is 6.06. The Kier molecular flexibility index (Phi) is 3.55. The quantitative estimate of drug-likeness (QED) is 0.879. The molecule has 3 rings (SSSR count). The Balaban J connectivity index is 1.91. The zero-order chi connectivity index (χ0) is 16.6. The first kappa shape index (κ1) is 15.1. The topological polar surface area (TPSA) is 71.8 Å². The molecule has 1 aliphatic rings. The third-order valence-corrected chi connectivity index (χ3v) is 3.86. The standard InChI is InChI=1S/C16H15FN2O4/c1-16(13-4-3-7-23-13)14(20)19(15(21)18-16)9-10-8-11(17)5-6-12(10)22-2/h3-8H,9H2,1-2H3,(H,18,21). The predicted molar refractivity (Wildman–Crippen MR) is 78.1 cm³/mol. The fourth-order valence-electron chi connectivity index (χ4n) is 2.61. The average molecular weight is 318 g/mol. The van der Waals surface area contributed by atoms with E-state index < -0.39 is 23.3 Å². The van der Waals surface area contributed by atoms with Crippen LogP contribution in [0.15, 0.2) is 41.0 Å². The molecule has 0 spiro atoms. The summed E-state index contributed by atoms with van der Waals surface area (Å²) in [4.78, 5) is 25.9. The molecule has 3 amide bonds. The predicted octanol–water partition coefficient (Wildman–Crippen LogP) is 2.39. The number of ether oxygens (including phenoxy) is 1. The van der Waals surface area contributed by atoms with Crippen LogP contribution in [0.3, 0.4) is 0 Å². The number of furan rings is 1. The molecule has 23 heavy (non-hydrogen) atoms. The number of hydrogen-bond donors (Lipinski definition) is 1. The van der Waals surface area contributed by atoms with E-state index in [1.165, 1.54) is 31.6 Å². The third kappa shape index (κ3) is 2.44. The molecule has 2 heterocycles. The van der Waals surface area contributed by atoms with E-state index >= 15 is 0 Å². The molecule has 120 valence electrons. The van der Waals surface area contributed by atoms with Gasteiger partial charge in [-0.25, -0.2) is 9.18 Å². The van der Waals surface area contributed by atoms with Crippen LogP contribution in [0, 0.1) is 5.82 Å². The minimum absolute atomic E-state index is 0.0953. The number of methoxy groups -OCH3 is 1. The molecule has 1 unspecified atom stereocenters. The first-order valence-electron chi connectivity index (χ1n) is 6.96. The van der Waals surface area contributed by atoms with Gasteiger partial charge >= 0.3 is 6.03 Å². The Morgan fingerprint density at radius 2 is 2.13 bits per heavy atom. The summed E-state index contributed by atoms with van der Waals surface area (Å²) < 4.78 is 23.9. The van der Waals surface area contributed by atoms with Crippen LogP contribution in [-0.2, 0) is 16.9 Å². The van der Waals surface area contributed by atoms with Crippen molar-refractivity contribution >= 4 is 11.9 Å². The molecule has 0 bridgehead atoms. The SMILES string of the molecule is COc1ccc(F)cc1CN1C(=O)NC(C)(c2ccco2)C1=O. The van der Waals surface area contributed by atoms with Gasteiger partial charge in [0, 0.05) is 5.56 Å². The number of amides is 3. The molecule has 1 aromatic heterocycles. The van der Waals surface area contributed by atoms with E-state index in [0.29, 0.717) is 17.1 Å². The van der Waals surface area contributed by atoms with Gasteiger partial charge in [0.05, 0.1) is 19.9 Å². The number of imide groups is 1. The van der Waals surface area contributed by atoms with Crippen LogP contribution in [0.1, 0.15) is 18.2 Å². The first-order valence-corrected chi connectivity index (χ1v) is 6.96. The summed E-state index contributed by atoms with van der Waals surface area (Å²) in [6.45, 7) is 1.47. The fraction of sp³-hybridized carbons (Fsp3) is 0.250. The summed E-state index contributed by atoms with van der Waals surface area (Å²) in [5.41, 5.74) is -0.874. The summed E-state index contributed by atoms with van der Waals surface area (Å²) >= 11 is 0. The Labute approximate surface area is 131 Å². The minimum atomic E-state index is -1.28. The highest BCUT2D eigenvalue weighted by Crippen LogP contribution is 2.31. The summed E-state index contributed by atoms with van der Waals surface area (Å²) in [5.74, 6) is -0.200. The van der Waals surface area contributed by atoms with E-state index in [4.69, 9.17) is 9.15 Å². The van der Waals surface area contributed by atoms with Crippen molar-refractivity contribution < 1.29 is 23.1 Å². The molecule has 7 heteroatoms. The number of halogens is 1. The molecule has 6 nitrogen and oxygen atoms in total. The zero-order valence-electron chi connectivity index (χ0n) is 12.6. The Morgan fingerprint density at radius 3 is 2.78 bits per heavy atom. The van der Waals surface area contributed by atoms with E-state index in [9.17, 15) is 14.0 Å². The van der Waals surface area contributed by atoms with Crippen LogP contribution in [-0.4, -0.2) is 23.9 Å². The average Bonchev–Trinajstić information content (AvgIpc) is 3.12. The monoisotopic (exact) mass is 318 g/mol. The van der Waals surface area contributed by atoms with E-state index in [0.717, 1.165) is 4.90 Å². The first-order chi connectivity index (χ1) is 11.0. The van der Waals surface area contributed by atoms with Gasteiger partial charge in [0.2, 0.25) is 0 Å². The van der Waals surface area contributed by atoms with Gasteiger partial charge in [-0.05, 0) is 37.3 Å². The van der Waals surface area contributed by atoms with Crippen LogP contribution < -0.4 is 10.1 Å². The molecule has 1 N–H and O–H groups in total. The Morgan fingerprint density at radius 1 is 1.35 bits per heavy atom. The second-order valence-corrected chi connectivity index (χ2v) is 5.38. The molecule has 2 aromatic rings. The van der Waals surface area contributed by atoms with Gasteiger partial charge in [-0.2, -0.15) is 0 Å². The number of carbonyl (C=O) groups excluding carboxylic acids is 2. The van der Waals surface area contributed by atoms with E-state index in [1.807, 2.05) is 0 Å². The fourth-order valence-corrected chi connectivity index (χ4v) is 2.61. The van der Waals surface area contributed by atoms with Gasteiger partial charge in [0.25, 0.3) is 5.91 Å². The normalized spacial score (nSPS) is 20.7. The Hall–Kier alpha value is -2.83. The Bertz CT molecular complexity index is 759. The number of nitrogens with zero attached hydrogens (tertiary/aromatic N) is 1. The van der Waals surface area contributed by atoms with Crippen molar-refractivity contribution in [2.45, 2.75) is 19.0 Å². The van der Waals surface area contributed by atoms with Crippen LogP contribution in [0.25, 0.3) is 0 Å². The van der Waals surface area contributed by atoms with Crippen molar-refractivity contribution in [2.75, 3.05) is 7.11 Å². The molecule has 0 radical (unpaired) electrons. The minimum Gasteiger partial charge on any atom is -0.496 e. The van der Waals surface area contributed by atoms with Gasteiger partial charge in [-0.3, -0.25) is 9.69 Å². The van der Waals surface area contributed by atoms with Gasteiger partial charge < -0.3 is 14.5 Å².